The van der Waals surface area contributed by atoms with Gasteiger partial charge >= 0.3 is 5.97 Å². The zero-order valence-corrected chi connectivity index (χ0v) is 23.5. The molecule has 4 N–H and O–H groups in total. The molecule has 38 heavy (non-hydrogen) atoms. The van der Waals surface area contributed by atoms with Crippen molar-refractivity contribution in [2.24, 2.45) is 5.92 Å². The number of nitrogens with one attached hydrogen (secondary N) is 3. The van der Waals surface area contributed by atoms with E-state index >= 15 is 0 Å². The number of amides is 1. The van der Waals surface area contributed by atoms with Crippen LogP contribution in [0.5, 0.6) is 0 Å². The van der Waals surface area contributed by atoms with Gasteiger partial charge in [-0.25, -0.2) is 9.78 Å². The number of carbonyl (C=O) groups excluding carboxylic acids is 1. The SMILES string of the molecule is CCC(C)C(CN(CC(=O)NC(CCSC)C(=O)O)Cc1cccc2ccccc12)NCCc1cnc[nH]1. The summed E-state index contributed by atoms with van der Waals surface area (Å²) in [6.45, 7) is 6.58. The van der Waals surface area contributed by atoms with Gasteiger partial charge < -0.3 is 20.7 Å². The summed E-state index contributed by atoms with van der Waals surface area (Å²) in [6.07, 6.45) is 7.71. The van der Waals surface area contributed by atoms with Crippen molar-refractivity contribution >= 4 is 34.4 Å². The van der Waals surface area contributed by atoms with Gasteiger partial charge in [-0.1, -0.05) is 62.7 Å². The number of nitrogens with zero attached hydrogens (tertiary/aromatic N) is 2. The Morgan fingerprint density at radius 3 is 2.68 bits per heavy atom. The largest absolute Gasteiger partial charge is 0.480 e. The Hall–Kier alpha value is -2.88. The standard InChI is InChI=1S/C29H41N5O3S/c1-4-21(2)27(31-14-12-24-16-30-20-32-24)18-34(19-28(35)33-26(29(36)37)13-15-38-3)17-23-10-7-9-22-8-5-6-11-25(22)23/h5-11,16,20-21,26-27,31H,4,12-15,17-19H2,1-3H3,(H,30,32)(H,33,35)(H,36,37). The number of hydrogen-bond acceptors (Lipinski definition) is 6. The highest BCUT2D eigenvalue weighted by molar-refractivity contribution is 7.98. The first-order chi connectivity index (χ1) is 18.4. The van der Waals surface area contributed by atoms with E-state index in [9.17, 15) is 14.7 Å². The number of thioether (sulfide) groups is 1. The predicted octanol–water partition coefficient (Wildman–Crippen LogP) is 3.93. The average molecular weight is 540 g/mol. The summed E-state index contributed by atoms with van der Waals surface area (Å²) in [5.74, 6) is -0.193. The molecule has 3 unspecified atom stereocenters. The fourth-order valence-corrected chi connectivity index (χ4v) is 5.09. The summed E-state index contributed by atoms with van der Waals surface area (Å²) in [5.41, 5.74) is 2.23. The lowest BCUT2D eigenvalue weighted by molar-refractivity contribution is -0.142. The number of imidazole rings is 1. The monoisotopic (exact) mass is 539 g/mol. The van der Waals surface area contributed by atoms with Gasteiger partial charge in [0.05, 0.1) is 12.9 Å². The van der Waals surface area contributed by atoms with E-state index in [1.54, 1.807) is 18.1 Å². The van der Waals surface area contributed by atoms with Crippen LogP contribution in [-0.2, 0) is 22.6 Å². The molecule has 3 aromatic rings. The maximum absolute atomic E-state index is 13.1. The van der Waals surface area contributed by atoms with E-state index in [2.05, 4.69) is 63.6 Å². The Labute approximate surface area is 230 Å². The van der Waals surface area contributed by atoms with Gasteiger partial charge in [0.1, 0.15) is 6.04 Å². The second kappa shape index (κ2) is 15.5. The molecule has 0 saturated heterocycles. The zero-order valence-electron chi connectivity index (χ0n) is 22.7. The van der Waals surface area contributed by atoms with Crippen molar-refractivity contribution in [3.8, 4) is 0 Å². The second-order valence-corrected chi connectivity index (χ2v) is 10.8. The Balaban J connectivity index is 1.78. The molecule has 0 aliphatic rings. The molecule has 1 aromatic heterocycles. The van der Waals surface area contributed by atoms with Gasteiger partial charge in [0.15, 0.2) is 0 Å². The van der Waals surface area contributed by atoms with Crippen LogP contribution < -0.4 is 10.6 Å². The number of rotatable bonds is 17. The Morgan fingerprint density at radius 1 is 1.18 bits per heavy atom. The van der Waals surface area contributed by atoms with Gasteiger partial charge in [0.25, 0.3) is 0 Å². The Morgan fingerprint density at radius 2 is 1.97 bits per heavy atom. The van der Waals surface area contributed by atoms with Crippen LogP contribution in [0.15, 0.2) is 55.0 Å². The topological polar surface area (TPSA) is 110 Å². The first-order valence-electron chi connectivity index (χ1n) is 13.3. The summed E-state index contributed by atoms with van der Waals surface area (Å²) in [5, 5.41) is 18.4. The number of aromatic nitrogens is 2. The van der Waals surface area contributed by atoms with Gasteiger partial charge in [0.2, 0.25) is 5.91 Å². The molecule has 8 nitrogen and oxygen atoms in total. The first-order valence-corrected chi connectivity index (χ1v) is 14.7. The number of benzene rings is 2. The van der Waals surface area contributed by atoms with E-state index in [0.717, 1.165) is 41.4 Å². The summed E-state index contributed by atoms with van der Waals surface area (Å²) in [7, 11) is 0. The number of aliphatic carboxylic acids is 1. The van der Waals surface area contributed by atoms with E-state index in [0.29, 0.717) is 31.2 Å². The first kappa shape index (κ1) is 29.7. The maximum atomic E-state index is 13.1. The van der Waals surface area contributed by atoms with Crippen molar-refractivity contribution in [2.45, 2.75) is 51.7 Å². The van der Waals surface area contributed by atoms with E-state index in [-0.39, 0.29) is 18.5 Å². The molecular formula is C29H41N5O3S. The summed E-state index contributed by atoms with van der Waals surface area (Å²) >= 11 is 1.57. The molecule has 0 spiro atoms. The molecule has 3 atom stereocenters. The van der Waals surface area contributed by atoms with E-state index in [1.807, 2.05) is 30.7 Å². The van der Waals surface area contributed by atoms with Crippen molar-refractivity contribution in [2.75, 3.05) is 31.6 Å². The van der Waals surface area contributed by atoms with E-state index < -0.39 is 12.0 Å². The molecule has 1 heterocycles. The quantitative estimate of drug-likeness (QED) is 0.206. The van der Waals surface area contributed by atoms with Crippen molar-refractivity contribution in [3.63, 3.8) is 0 Å². The van der Waals surface area contributed by atoms with Crippen LogP contribution in [0.25, 0.3) is 10.8 Å². The third kappa shape index (κ3) is 9.15. The molecule has 9 heteroatoms. The van der Waals surface area contributed by atoms with Crippen molar-refractivity contribution in [3.05, 3.63) is 66.2 Å². The normalized spacial score (nSPS) is 13.9. The number of aromatic amines is 1. The van der Waals surface area contributed by atoms with E-state index in [4.69, 9.17) is 0 Å². The number of carboxylic acid groups (broad SMARTS) is 1. The zero-order chi connectivity index (χ0) is 27.3. The van der Waals surface area contributed by atoms with Crippen LogP contribution in [0.3, 0.4) is 0 Å². The summed E-state index contributed by atoms with van der Waals surface area (Å²) < 4.78 is 0. The molecule has 3 rings (SSSR count). The van der Waals surface area contributed by atoms with Gasteiger partial charge in [-0.05, 0) is 40.7 Å². The lowest BCUT2D eigenvalue weighted by Crippen LogP contribution is -2.50. The highest BCUT2D eigenvalue weighted by Crippen LogP contribution is 2.21. The molecule has 206 valence electrons. The fourth-order valence-electron chi connectivity index (χ4n) is 4.61. The van der Waals surface area contributed by atoms with Crippen LogP contribution in [0, 0.1) is 5.92 Å². The van der Waals surface area contributed by atoms with Crippen LogP contribution in [0.4, 0.5) is 0 Å². The van der Waals surface area contributed by atoms with Gasteiger partial charge in [0, 0.05) is 44.0 Å². The number of hydrogen-bond donors (Lipinski definition) is 4. The molecule has 0 aliphatic heterocycles. The number of carbonyl (C=O) groups is 2. The molecule has 0 fully saturated rings. The van der Waals surface area contributed by atoms with Gasteiger partial charge in [-0.2, -0.15) is 11.8 Å². The highest BCUT2D eigenvalue weighted by Gasteiger charge is 2.24. The fraction of sp³-hybridized carbons (Fsp3) is 0.483. The van der Waals surface area contributed by atoms with Gasteiger partial charge in [-0.3, -0.25) is 9.69 Å². The molecule has 0 bridgehead atoms. The second-order valence-electron chi connectivity index (χ2n) is 9.82. The molecule has 1 amide bonds. The molecule has 0 radical (unpaired) electrons. The van der Waals surface area contributed by atoms with E-state index in [1.165, 1.54) is 0 Å². The van der Waals surface area contributed by atoms with Crippen molar-refractivity contribution in [1.82, 2.24) is 25.5 Å². The number of carboxylic acids is 1. The van der Waals surface area contributed by atoms with Crippen LogP contribution in [0.1, 0.15) is 37.9 Å². The van der Waals surface area contributed by atoms with Crippen LogP contribution in [-0.4, -0.2) is 75.6 Å². The van der Waals surface area contributed by atoms with Crippen molar-refractivity contribution in [1.29, 1.82) is 0 Å². The minimum Gasteiger partial charge on any atom is -0.480 e. The third-order valence-electron chi connectivity index (χ3n) is 7.03. The maximum Gasteiger partial charge on any atom is 0.326 e. The Bertz CT molecular complexity index is 1130. The third-order valence-corrected chi connectivity index (χ3v) is 7.67. The molecule has 0 aliphatic carbocycles. The predicted molar refractivity (Wildman–Crippen MR) is 155 cm³/mol. The lowest BCUT2D eigenvalue weighted by Gasteiger charge is -2.32. The molecule has 0 saturated carbocycles. The lowest BCUT2D eigenvalue weighted by atomic mass is 9.97. The molecular weight excluding hydrogens is 498 g/mol. The average Bonchev–Trinajstić information content (AvgIpc) is 3.43. The van der Waals surface area contributed by atoms with Crippen molar-refractivity contribution < 1.29 is 14.7 Å². The highest BCUT2D eigenvalue weighted by atomic mass is 32.2. The molecule has 2 aromatic carbocycles. The minimum atomic E-state index is -0.994. The minimum absolute atomic E-state index is 0.126. The summed E-state index contributed by atoms with van der Waals surface area (Å²) in [6, 6.07) is 13.8. The number of H-pyrrole nitrogens is 1. The van der Waals surface area contributed by atoms with Crippen LogP contribution >= 0.6 is 11.8 Å². The van der Waals surface area contributed by atoms with Crippen LogP contribution in [0.2, 0.25) is 0 Å². The smallest absolute Gasteiger partial charge is 0.326 e. The Kier molecular flexibility index (Phi) is 12.1. The summed E-state index contributed by atoms with van der Waals surface area (Å²) in [4.78, 5) is 34.2. The van der Waals surface area contributed by atoms with Gasteiger partial charge in [-0.15, -0.1) is 0 Å². The number of fused-ring (bicyclic) bond motifs is 1.